The van der Waals surface area contributed by atoms with Gasteiger partial charge in [0.15, 0.2) is 28.0 Å². The zero-order valence-electron chi connectivity index (χ0n) is 17.9. The normalized spacial score (nSPS) is 17.8. The zero-order valence-corrected chi connectivity index (χ0v) is 18.8. The predicted molar refractivity (Wildman–Crippen MR) is 110 cm³/mol. The Balaban J connectivity index is 1.78. The summed E-state index contributed by atoms with van der Waals surface area (Å²) in [6.45, 7) is 3.06. The number of hydrogen-bond acceptors (Lipinski definition) is 7. The summed E-state index contributed by atoms with van der Waals surface area (Å²) >= 11 is 0. The maximum Gasteiger partial charge on any atom is 0.434 e. The van der Waals surface area contributed by atoms with Crippen LogP contribution in [0.25, 0.3) is 5.82 Å². The molecule has 0 saturated carbocycles. The zero-order chi connectivity index (χ0) is 24.4. The molecule has 13 heteroatoms. The van der Waals surface area contributed by atoms with Gasteiger partial charge in [-0.05, 0) is 24.5 Å². The van der Waals surface area contributed by atoms with Crippen LogP contribution in [0, 0.1) is 5.92 Å². The van der Waals surface area contributed by atoms with Crippen molar-refractivity contribution in [2.45, 2.75) is 32.5 Å². The Bertz CT molecular complexity index is 1120. The third-order valence-electron chi connectivity index (χ3n) is 4.98. The van der Waals surface area contributed by atoms with Crippen LogP contribution in [0.2, 0.25) is 0 Å². The highest BCUT2D eigenvalue weighted by atomic mass is 32.2. The number of rotatable bonds is 7. The van der Waals surface area contributed by atoms with Crippen LogP contribution in [0.5, 0.6) is 0 Å². The van der Waals surface area contributed by atoms with Crippen LogP contribution in [-0.4, -0.2) is 70.7 Å². The van der Waals surface area contributed by atoms with Crippen molar-refractivity contribution in [1.82, 2.24) is 19.7 Å². The van der Waals surface area contributed by atoms with Crippen molar-refractivity contribution in [3.63, 3.8) is 0 Å². The van der Waals surface area contributed by atoms with Crippen LogP contribution >= 0.6 is 0 Å². The van der Waals surface area contributed by atoms with Crippen molar-refractivity contribution in [3.8, 4) is 5.82 Å². The summed E-state index contributed by atoms with van der Waals surface area (Å²) in [6.07, 6.45) is -2.71. The first kappa shape index (κ1) is 24.7. The molecule has 1 fully saturated rings. The van der Waals surface area contributed by atoms with Crippen LogP contribution in [0.1, 0.15) is 36.3 Å². The Labute approximate surface area is 188 Å². The number of carbonyl (C=O) groups excluding carboxylic acids is 2. The van der Waals surface area contributed by atoms with Crippen molar-refractivity contribution in [1.29, 1.82) is 0 Å². The molecular weight excluding hydrogens is 465 g/mol. The van der Waals surface area contributed by atoms with Gasteiger partial charge in [0.25, 0.3) is 5.91 Å². The van der Waals surface area contributed by atoms with E-state index < -0.39 is 51.8 Å². The fourth-order valence-corrected chi connectivity index (χ4v) is 5.31. The van der Waals surface area contributed by atoms with Crippen molar-refractivity contribution >= 4 is 21.7 Å². The minimum atomic E-state index is -4.95. The first-order chi connectivity index (χ1) is 15.4. The van der Waals surface area contributed by atoms with Gasteiger partial charge in [0.1, 0.15) is 5.56 Å². The van der Waals surface area contributed by atoms with Crippen LogP contribution in [-0.2, 0) is 25.5 Å². The highest BCUT2D eigenvalue weighted by molar-refractivity contribution is 7.91. The van der Waals surface area contributed by atoms with Crippen LogP contribution < -0.4 is 0 Å². The quantitative estimate of drug-likeness (QED) is 0.549. The highest BCUT2D eigenvalue weighted by Gasteiger charge is 2.42. The number of halogens is 3. The third kappa shape index (κ3) is 5.89. The monoisotopic (exact) mass is 488 g/mol. The topological polar surface area (TPSA) is 111 Å². The molecule has 0 spiro atoms. The number of pyridine rings is 1. The molecule has 1 amide bonds. The molecule has 1 aliphatic heterocycles. The van der Waals surface area contributed by atoms with Gasteiger partial charge >= 0.3 is 12.1 Å². The first-order valence-corrected chi connectivity index (χ1v) is 11.9. The lowest BCUT2D eigenvalue weighted by Crippen LogP contribution is -2.45. The summed E-state index contributed by atoms with van der Waals surface area (Å²) in [5.74, 6) is -2.45. The number of sulfone groups is 1. The SMILES string of the molecule is CC(C)CN(C(=O)COC(=O)c1cnn(-c2ccccn2)c1C(F)(F)F)C1CCS(=O)(=O)C1. The van der Waals surface area contributed by atoms with Crippen molar-refractivity contribution in [2.24, 2.45) is 5.92 Å². The maximum absolute atomic E-state index is 13.7. The summed E-state index contributed by atoms with van der Waals surface area (Å²) < 4.78 is 70.1. The van der Waals surface area contributed by atoms with E-state index in [1.165, 1.54) is 29.3 Å². The first-order valence-electron chi connectivity index (χ1n) is 10.1. The Morgan fingerprint density at radius 1 is 1.30 bits per heavy atom. The molecule has 1 unspecified atom stereocenters. The molecule has 9 nitrogen and oxygen atoms in total. The molecule has 1 saturated heterocycles. The lowest BCUT2D eigenvalue weighted by molar-refractivity contribution is -0.143. The number of aromatic nitrogens is 3. The number of ether oxygens (including phenoxy) is 1. The molecule has 0 radical (unpaired) electrons. The van der Waals surface area contributed by atoms with E-state index in [4.69, 9.17) is 4.74 Å². The molecule has 3 rings (SSSR count). The van der Waals surface area contributed by atoms with Gasteiger partial charge < -0.3 is 9.64 Å². The molecular formula is C20H23F3N4O5S. The minimum absolute atomic E-state index is 0.00129. The molecule has 0 aromatic carbocycles. The molecule has 3 heterocycles. The van der Waals surface area contributed by atoms with E-state index in [0.717, 1.165) is 0 Å². The van der Waals surface area contributed by atoms with Crippen LogP contribution in [0.4, 0.5) is 13.2 Å². The number of hydrogen-bond donors (Lipinski definition) is 0. The van der Waals surface area contributed by atoms with Gasteiger partial charge in [-0.2, -0.15) is 18.3 Å². The number of carbonyl (C=O) groups is 2. The smallest absolute Gasteiger partial charge is 0.434 e. The Morgan fingerprint density at radius 2 is 2.03 bits per heavy atom. The predicted octanol–water partition coefficient (Wildman–Crippen LogP) is 2.11. The van der Waals surface area contributed by atoms with Gasteiger partial charge in [0, 0.05) is 18.8 Å². The summed E-state index contributed by atoms with van der Waals surface area (Å²) in [5.41, 5.74) is -2.24. The summed E-state index contributed by atoms with van der Waals surface area (Å²) in [7, 11) is -3.27. The molecule has 0 N–H and O–H groups in total. The second-order valence-electron chi connectivity index (χ2n) is 8.08. The fraction of sp³-hybridized carbons (Fsp3) is 0.500. The van der Waals surface area contributed by atoms with Crippen LogP contribution in [0.3, 0.4) is 0 Å². The summed E-state index contributed by atoms with van der Waals surface area (Å²) in [5, 5.41) is 3.63. The number of amides is 1. The van der Waals surface area contributed by atoms with Gasteiger partial charge in [0.05, 0.1) is 17.7 Å². The molecule has 2 aromatic heterocycles. The number of esters is 1. The molecule has 1 aliphatic rings. The second kappa shape index (κ2) is 9.49. The molecule has 2 aromatic rings. The Kier molecular flexibility index (Phi) is 7.10. The molecule has 180 valence electrons. The maximum atomic E-state index is 13.7. The van der Waals surface area contributed by atoms with Gasteiger partial charge in [-0.25, -0.2) is 22.9 Å². The average Bonchev–Trinajstić information content (AvgIpc) is 3.34. The van der Waals surface area contributed by atoms with Gasteiger partial charge in [-0.15, -0.1) is 0 Å². The van der Waals surface area contributed by atoms with E-state index in [9.17, 15) is 31.2 Å². The lowest BCUT2D eigenvalue weighted by atomic mass is 10.1. The van der Waals surface area contributed by atoms with E-state index >= 15 is 0 Å². The van der Waals surface area contributed by atoms with Crippen molar-refractivity contribution in [3.05, 3.63) is 41.9 Å². The van der Waals surface area contributed by atoms with Crippen LogP contribution in [0.15, 0.2) is 30.6 Å². The molecule has 33 heavy (non-hydrogen) atoms. The number of nitrogens with zero attached hydrogens (tertiary/aromatic N) is 4. The molecule has 1 atom stereocenters. The van der Waals surface area contributed by atoms with E-state index in [1.807, 2.05) is 13.8 Å². The van der Waals surface area contributed by atoms with E-state index in [-0.39, 0.29) is 36.2 Å². The minimum Gasteiger partial charge on any atom is -0.452 e. The summed E-state index contributed by atoms with van der Waals surface area (Å²) in [6, 6.07) is 3.70. The van der Waals surface area contributed by atoms with E-state index in [2.05, 4.69) is 10.1 Å². The van der Waals surface area contributed by atoms with Crippen molar-refractivity contribution < 1.29 is 35.9 Å². The summed E-state index contributed by atoms with van der Waals surface area (Å²) in [4.78, 5) is 30.3. The molecule has 0 aliphatic carbocycles. The number of alkyl halides is 3. The van der Waals surface area contributed by atoms with Gasteiger partial charge in [-0.3, -0.25) is 4.79 Å². The largest absolute Gasteiger partial charge is 0.452 e. The highest BCUT2D eigenvalue weighted by Crippen LogP contribution is 2.33. The van der Waals surface area contributed by atoms with E-state index in [0.29, 0.717) is 10.9 Å². The third-order valence-corrected chi connectivity index (χ3v) is 6.73. The Hall–Kier alpha value is -2.96. The van der Waals surface area contributed by atoms with Crippen molar-refractivity contribution in [2.75, 3.05) is 24.7 Å². The standard InChI is InChI=1S/C20H23F3N4O5S/c1-13(2)10-26(14-6-8-33(30,31)12-14)17(28)11-32-19(29)15-9-25-27(18(15)20(21,22)23)16-5-3-4-7-24-16/h3-5,7,9,13-14H,6,8,10-12H2,1-2H3. The van der Waals surface area contributed by atoms with Gasteiger partial charge in [0.2, 0.25) is 0 Å². The second-order valence-corrected chi connectivity index (χ2v) is 10.3. The fourth-order valence-electron chi connectivity index (χ4n) is 3.58. The Morgan fingerprint density at radius 3 is 2.58 bits per heavy atom. The lowest BCUT2D eigenvalue weighted by Gasteiger charge is -2.29. The van der Waals surface area contributed by atoms with E-state index in [1.54, 1.807) is 0 Å². The molecule has 0 bridgehead atoms. The average molecular weight is 488 g/mol. The van der Waals surface area contributed by atoms with Gasteiger partial charge in [-0.1, -0.05) is 19.9 Å².